The van der Waals surface area contributed by atoms with Crippen LogP contribution in [0.4, 0.5) is 10.1 Å². The highest BCUT2D eigenvalue weighted by molar-refractivity contribution is 5.95. The van der Waals surface area contributed by atoms with E-state index in [0.717, 1.165) is 11.4 Å². The lowest BCUT2D eigenvalue weighted by Gasteiger charge is -2.32. The van der Waals surface area contributed by atoms with Crippen molar-refractivity contribution in [3.05, 3.63) is 41.6 Å². The fraction of sp³-hybridized carbons (Fsp3) is 0.542. The number of nitrogens with zero attached hydrogens (tertiary/aromatic N) is 2. The van der Waals surface area contributed by atoms with Gasteiger partial charge in [-0.05, 0) is 42.9 Å². The molecule has 1 aliphatic carbocycles. The van der Waals surface area contributed by atoms with Gasteiger partial charge < -0.3 is 15.5 Å². The van der Waals surface area contributed by atoms with Crippen molar-refractivity contribution >= 4 is 17.5 Å². The van der Waals surface area contributed by atoms with Gasteiger partial charge in [0.2, 0.25) is 11.8 Å². The van der Waals surface area contributed by atoms with Crippen molar-refractivity contribution in [1.82, 2.24) is 10.2 Å². The monoisotopic (exact) mass is 426 g/mol. The van der Waals surface area contributed by atoms with Crippen molar-refractivity contribution < 1.29 is 14.0 Å². The quantitative estimate of drug-likeness (QED) is 0.723. The minimum absolute atomic E-state index is 0.0147. The molecule has 0 saturated carbocycles. The molecule has 0 aromatic heterocycles. The molecule has 1 aromatic carbocycles. The first-order valence-corrected chi connectivity index (χ1v) is 10.9. The second-order valence-electron chi connectivity index (χ2n) is 9.10. The average molecular weight is 427 g/mol. The normalized spacial score (nSPS) is 25.7. The highest BCUT2D eigenvalue weighted by atomic mass is 19.1. The summed E-state index contributed by atoms with van der Waals surface area (Å²) in [6.45, 7) is 6.22. The number of carbonyl (C=O) groups excluding carboxylic acids is 2. The number of rotatable bonds is 6. The van der Waals surface area contributed by atoms with E-state index in [4.69, 9.17) is 5.26 Å². The molecular weight excluding hydrogens is 395 g/mol. The van der Waals surface area contributed by atoms with E-state index in [1.165, 1.54) is 10.5 Å². The number of alkyl halides is 1. The first kappa shape index (κ1) is 22.8. The Morgan fingerprint density at radius 1 is 1.32 bits per heavy atom. The van der Waals surface area contributed by atoms with E-state index in [9.17, 15) is 14.0 Å². The van der Waals surface area contributed by atoms with E-state index in [-0.39, 0.29) is 31.3 Å². The van der Waals surface area contributed by atoms with Gasteiger partial charge in [0.25, 0.3) is 0 Å². The molecule has 1 unspecified atom stereocenters. The number of nitrogens with one attached hydrogen (secondary N) is 2. The third-order valence-electron chi connectivity index (χ3n) is 6.31. The fourth-order valence-electron chi connectivity index (χ4n) is 4.04. The summed E-state index contributed by atoms with van der Waals surface area (Å²) in [7, 11) is 0. The Labute approximate surface area is 183 Å². The SMILES string of the molecule is CC(C)c1ccc(NC(=O)C2(C)CC=C(NCC(=O)N3C[C@@H](F)C[C@H]3C#N)CC2)cc1. The highest BCUT2D eigenvalue weighted by Crippen LogP contribution is 2.35. The fourth-order valence-corrected chi connectivity index (χ4v) is 4.04. The van der Waals surface area contributed by atoms with Crippen molar-refractivity contribution in [3.8, 4) is 6.07 Å². The van der Waals surface area contributed by atoms with E-state index >= 15 is 0 Å². The van der Waals surface area contributed by atoms with Gasteiger partial charge in [0.1, 0.15) is 12.2 Å². The van der Waals surface area contributed by atoms with Crippen LogP contribution in [0.15, 0.2) is 36.0 Å². The smallest absolute Gasteiger partial charge is 0.243 e. The summed E-state index contributed by atoms with van der Waals surface area (Å²) in [4.78, 5) is 26.5. The van der Waals surface area contributed by atoms with Crippen molar-refractivity contribution in [3.63, 3.8) is 0 Å². The molecule has 1 saturated heterocycles. The summed E-state index contributed by atoms with van der Waals surface area (Å²) in [5, 5.41) is 15.2. The van der Waals surface area contributed by atoms with Gasteiger partial charge >= 0.3 is 0 Å². The first-order chi connectivity index (χ1) is 14.7. The maximum atomic E-state index is 13.5. The Bertz CT molecular complexity index is 890. The lowest BCUT2D eigenvalue weighted by molar-refractivity contribution is -0.130. The van der Waals surface area contributed by atoms with Crippen LogP contribution in [0.1, 0.15) is 57.9 Å². The Morgan fingerprint density at radius 2 is 2.03 bits per heavy atom. The van der Waals surface area contributed by atoms with Crippen LogP contribution in [0, 0.1) is 16.7 Å². The highest BCUT2D eigenvalue weighted by Gasteiger charge is 2.36. The van der Waals surface area contributed by atoms with Crippen LogP contribution in [-0.2, 0) is 9.59 Å². The Kier molecular flexibility index (Phi) is 6.99. The van der Waals surface area contributed by atoms with Gasteiger partial charge in [-0.2, -0.15) is 5.26 Å². The zero-order valence-corrected chi connectivity index (χ0v) is 18.5. The molecule has 2 aliphatic rings. The van der Waals surface area contributed by atoms with Gasteiger partial charge in [-0.25, -0.2) is 4.39 Å². The first-order valence-electron chi connectivity index (χ1n) is 10.9. The minimum Gasteiger partial charge on any atom is -0.380 e. The van der Waals surface area contributed by atoms with Crippen molar-refractivity contribution in [2.75, 3.05) is 18.4 Å². The number of allylic oxidation sites excluding steroid dienone is 2. The number of nitriles is 1. The Hall–Kier alpha value is -2.88. The molecule has 1 aromatic rings. The summed E-state index contributed by atoms with van der Waals surface area (Å²) >= 11 is 0. The standard InChI is InChI=1S/C24H31FN4O2/c1-16(2)17-4-6-20(7-5-17)28-23(31)24(3)10-8-19(9-11-24)27-14-22(30)29-15-18(25)12-21(29)13-26/h4-8,16,18,21,27H,9-12,14-15H2,1-3H3,(H,28,31)/t18-,21-,24?/m0/s1. The van der Waals surface area contributed by atoms with Crippen LogP contribution in [0.3, 0.4) is 0 Å². The van der Waals surface area contributed by atoms with Crippen LogP contribution in [0.25, 0.3) is 0 Å². The molecule has 1 aliphatic heterocycles. The predicted octanol–water partition coefficient (Wildman–Crippen LogP) is 3.87. The largest absolute Gasteiger partial charge is 0.380 e. The van der Waals surface area contributed by atoms with Crippen LogP contribution in [0.2, 0.25) is 0 Å². The molecule has 1 fully saturated rings. The van der Waals surface area contributed by atoms with E-state index in [2.05, 4.69) is 24.5 Å². The van der Waals surface area contributed by atoms with Crippen molar-refractivity contribution in [2.24, 2.45) is 5.41 Å². The molecule has 31 heavy (non-hydrogen) atoms. The van der Waals surface area contributed by atoms with Crippen LogP contribution in [-0.4, -0.2) is 42.0 Å². The van der Waals surface area contributed by atoms with Crippen LogP contribution in [0.5, 0.6) is 0 Å². The lowest BCUT2D eigenvalue weighted by Crippen LogP contribution is -2.41. The van der Waals surface area contributed by atoms with Crippen molar-refractivity contribution in [2.45, 2.75) is 64.6 Å². The molecule has 2 N–H and O–H groups in total. The maximum absolute atomic E-state index is 13.5. The number of anilines is 1. The van der Waals surface area contributed by atoms with E-state index in [1.54, 1.807) is 0 Å². The molecule has 3 rings (SSSR count). The van der Waals surface area contributed by atoms with Crippen LogP contribution < -0.4 is 10.6 Å². The summed E-state index contributed by atoms with van der Waals surface area (Å²) in [6.07, 6.45) is 2.78. The number of hydrogen-bond donors (Lipinski definition) is 2. The third-order valence-corrected chi connectivity index (χ3v) is 6.31. The number of halogens is 1. The summed E-state index contributed by atoms with van der Waals surface area (Å²) in [6, 6.07) is 9.24. The molecular formula is C24H31FN4O2. The molecule has 166 valence electrons. The zero-order chi connectivity index (χ0) is 22.6. The van der Waals surface area contributed by atoms with Gasteiger partial charge in [-0.1, -0.05) is 39.0 Å². The van der Waals surface area contributed by atoms with E-state index < -0.39 is 17.6 Å². The predicted molar refractivity (Wildman–Crippen MR) is 118 cm³/mol. The molecule has 0 bridgehead atoms. The second-order valence-corrected chi connectivity index (χ2v) is 9.10. The lowest BCUT2D eigenvalue weighted by atomic mass is 9.77. The van der Waals surface area contributed by atoms with Gasteiger partial charge in [0, 0.05) is 17.8 Å². The number of likely N-dealkylation sites (tertiary alicyclic amines) is 1. The number of benzene rings is 1. The summed E-state index contributed by atoms with van der Waals surface area (Å²) in [5.74, 6) is 0.154. The van der Waals surface area contributed by atoms with Gasteiger partial charge in [-0.15, -0.1) is 0 Å². The maximum Gasteiger partial charge on any atom is 0.243 e. The average Bonchev–Trinajstić information content (AvgIpc) is 3.14. The minimum atomic E-state index is -1.14. The van der Waals surface area contributed by atoms with Gasteiger partial charge in [-0.3, -0.25) is 9.59 Å². The summed E-state index contributed by atoms with van der Waals surface area (Å²) < 4.78 is 13.5. The van der Waals surface area contributed by atoms with Gasteiger partial charge in [0.05, 0.1) is 24.6 Å². The second kappa shape index (κ2) is 9.51. The topological polar surface area (TPSA) is 85.2 Å². The molecule has 0 spiro atoms. The molecule has 1 heterocycles. The molecule has 3 atom stereocenters. The zero-order valence-electron chi connectivity index (χ0n) is 18.5. The molecule has 2 amide bonds. The molecule has 6 nitrogen and oxygen atoms in total. The number of hydrogen-bond acceptors (Lipinski definition) is 4. The van der Waals surface area contributed by atoms with Crippen LogP contribution >= 0.6 is 0 Å². The molecule has 7 heteroatoms. The third kappa shape index (κ3) is 5.43. The summed E-state index contributed by atoms with van der Waals surface area (Å²) in [5.41, 5.74) is 2.41. The Balaban J connectivity index is 1.51. The van der Waals surface area contributed by atoms with Gasteiger partial charge in [0.15, 0.2) is 0 Å². The molecule has 0 radical (unpaired) electrons. The van der Waals surface area contributed by atoms with E-state index in [1.807, 2.05) is 43.3 Å². The van der Waals surface area contributed by atoms with E-state index in [0.29, 0.717) is 25.2 Å². The number of amides is 2. The number of carbonyl (C=O) groups is 2. The Morgan fingerprint density at radius 3 is 2.61 bits per heavy atom. The van der Waals surface area contributed by atoms with Crippen molar-refractivity contribution in [1.29, 1.82) is 5.26 Å².